The molecule has 1 unspecified atom stereocenters. The summed E-state index contributed by atoms with van der Waals surface area (Å²) in [5.74, 6) is 0.118. The molecule has 3 rings (SSSR count). The third-order valence-corrected chi connectivity index (χ3v) is 4.90. The van der Waals surface area contributed by atoms with Gasteiger partial charge in [0.15, 0.2) is 0 Å². The van der Waals surface area contributed by atoms with Gasteiger partial charge in [0.25, 0.3) is 5.91 Å². The number of hydrogen-bond acceptors (Lipinski definition) is 3. The van der Waals surface area contributed by atoms with Crippen molar-refractivity contribution in [2.45, 2.75) is 44.4 Å². The van der Waals surface area contributed by atoms with Crippen LogP contribution in [0.2, 0.25) is 0 Å². The molecule has 1 amide bonds. The molecule has 2 atom stereocenters. The molecule has 0 N–H and O–H groups in total. The van der Waals surface area contributed by atoms with E-state index in [9.17, 15) is 4.79 Å². The van der Waals surface area contributed by atoms with E-state index in [1.165, 1.54) is 5.56 Å². The lowest BCUT2D eigenvalue weighted by molar-refractivity contribution is -0.184. The lowest BCUT2D eigenvalue weighted by Crippen LogP contribution is -2.57. The van der Waals surface area contributed by atoms with Crippen LogP contribution in [-0.4, -0.2) is 54.1 Å². The summed E-state index contributed by atoms with van der Waals surface area (Å²) in [6.45, 7) is 5.46. The highest BCUT2D eigenvalue weighted by Crippen LogP contribution is 2.33. The lowest BCUT2D eigenvalue weighted by atomic mass is 9.91. The van der Waals surface area contributed by atoms with Crippen LogP contribution in [0.3, 0.4) is 0 Å². The Morgan fingerprint density at radius 2 is 2.00 bits per heavy atom. The summed E-state index contributed by atoms with van der Waals surface area (Å²) in [5, 5.41) is 0. The SMILES string of the molecule is C[C@H]1OC2(CCCN(C)CC2)CN(Cc2ccccc2)C1=O. The fraction of sp³-hybridized carbons (Fsp3) is 0.611. The number of nitrogens with zero attached hydrogens (tertiary/aromatic N) is 2. The van der Waals surface area contributed by atoms with Crippen molar-refractivity contribution in [2.75, 3.05) is 26.7 Å². The van der Waals surface area contributed by atoms with Gasteiger partial charge >= 0.3 is 0 Å². The molecule has 0 saturated carbocycles. The van der Waals surface area contributed by atoms with Gasteiger partial charge in [-0.3, -0.25) is 4.79 Å². The van der Waals surface area contributed by atoms with Gasteiger partial charge in [0, 0.05) is 13.1 Å². The molecule has 2 heterocycles. The van der Waals surface area contributed by atoms with Gasteiger partial charge in [-0.05, 0) is 45.3 Å². The Morgan fingerprint density at radius 3 is 2.77 bits per heavy atom. The normalized spacial score (nSPS) is 30.5. The molecule has 0 bridgehead atoms. The van der Waals surface area contributed by atoms with Crippen molar-refractivity contribution >= 4 is 5.91 Å². The number of rotatable bonds is 2. The summed E-state index contributed by atoms with van der Waals surface area (Å²) in [4.78, 5) is 16.9. The van der Waals surface area contributed by atoms with Crippen molar-refractivity contribution in [2.24, 2.45) is 0 Å². The monoisotopic (exact) mass is 302 g/mol. The Morgan fingerprint density at radius 1 is 1.23 bits per heavy atom. The molecular weight excluding hydrogens is 276 g/mol. The highest BCUT2D eigenvalue weighted by molar-refractivity contribution is 5.81. The van der Waals surface area contributed by atoms with Crippen LogP contribution in [-0.2, 0) is 16.1 Å². The molecule has 1 aromatic carbocycles. The molecule has 2 aliphatic rings. The highest BCUT2D eigenvalue weighted by atomic mass is 16.5. The Balaban J connectivity index is 1.76. The summed E-state index contributed by atoms with van der Waals surface area (Å²) in [6, 6.07) is 10.2. The van der Waals surface area contributed by atoms with E-state index in [1.54, 1.807) is 0 Å². The van der Waals surface area contributed by atoms with Crippen molar-refractivity contribution in [1.82, 2.24) is 9.80 Å². The van der Waals surface area contributed by atoms with Crippen LogP contribution in [0.5, 0.6) is 0 Å². The molecule has 1 aromatic rings. The van der Waals surface area contributed by atoms with Gasteiger partial charge in [-0.1, -0.05) is 30.3 Å². The minimum Gasteiger partial charge on any atom is -0.360 e. The van der Waals surface area contributed by atoms with Crippen molar-refractivity contribution in [3.05, 3.63) is 35.9 Å². The summed E-state index contributed by atoms with van der Waals surface area (Å²) < 4.78 is 6.21. The van der Waals surface area contributed by atoms with E-state index < -0.39 is 0 Å². The quantitative estimate of drug-likeness (QED) is 0.840. The molecule has 4 nitrogen and oxygen atoms in total. The molecule has 120 valence electrons. The summed E-state index contributed by atoms with van der Waals surface area (Å²) in [7, 11) is 2.16. The minimum atomic E-state index is -0.333. The van der Waals surface area contributed by atoms with Crippen LogP contribution < -0.4 is 0 Å². The fourth-order valence-corrected chi connectivity index (χ4v) is 3.66. The molecule has 22 heavy (non-hydrogen) atoms. The minimum absolute atomic E-state index is 0.118. The van der Waals surface area contributed by atoms with Crippen LogP contribution in [0.1, 0.15) is 31.7 Å². The molecule has 0 radical (unpaired) electrons. The van der Waals surface area contributed by atoms with Gasteiger partial charge in [-0.15, -0.1) is 0 Å². The second kappa shape index (κ2) is 6.39. The Labute approximate surface area is 133 Å². The predicted octanol–water partition coefficient (Wildman–Crippen LogP) is 2.29. The van der Waals surface area contributed by atoms with Gasteiger partial charge in [-0.2, -0.15) is 0 Å². The Kier molecular flexibility index (Phi) is 4.50. The maximum Gasteiger partial charge on any atom is 0.251 e. The van der Waals surface area contributed by atoms with E-state index in [-0.39, 0.29) is 17.6 Å². The Hall–Kier alpha value is -1.39. The first-order valence-corrected chi connectivity index (χ1v) is 8.27. The molecule has 4 heteroatoms. The number of carbonyl (C=O) groups is 1. The number of ether oxygens (including phenoxy) is 1. The van der Waals surface area contributed by atoms with Crippen LogP contribution in [0.25, 0.3) is 0 Å². The maximum absolute atomic E-state index is 12.5. The van der Waals surface area contributed by atoms with Crippen LogP contribution in [0.4, 0.5) is 0 Å². The molecule has 0 aromatic heterocycles. The fourth-order valence-electron chi connectivity index (χ4n) is 3.66. The molecule has 1 spiro atoms. The number of morpholine rings is 1. The zero-order chi connectivity index (χ0) is 15.6. The number of amides is 1. The summed E-state index contributed by atoms with van der Waals surface area (Å²) in [6.07, 6.45) is 2.85. The smallest absolute Gasteiger partial charge is 0.251 e. The largest absolute Gasteiger partial charge is 0.360 e. The number of benzene rings is 1. The standard InChI is InChI=1S/C18H26N2O2/c1-15-17(21)20(13-16-7-4-3-5-8-16)14-18(22-15)9-6-11-19(2)12-10-18/h3-5,7-8,15H,6,9-14H2,1-2H3/t15-,18?/m1/s1. The van der Waals surface area contributed by atoms with E-state index in [4.69, 9.17) is 4.74 Å². The summed E-state index contributed by atoms with van der Waals surface area (Å²) >= 11 is 0. The van der Waals surface area contributed by atoms with Gasteiger partial charge in [0.05, 0.1) is 12.1 Å². The molecule has 2 aliphatic heterocycles. The first kappa shape index (κ1) is 15.5. The lowest BCUT2D eigenvalue weighted by Gasteiger charge is -2.45. The van der Waals surface area contributed by atoms with Crippen molar-refractivity contribution < 1.29 is 9.53 Å². The predicted molar refractivity (Wildman–Crippen MR) is 86.5 cm³/mol. The number of carbonyl (C=O) groups excluding carboxylic acids is 1. The van der Waals surface area contributed by atoms with Gasteiger partial charge in [-0.25, -0.2) is 0 Å². The van der Waals surface area contributed by atoms with E-state index >= 15 is 0 Å². The van der Waals surface area contributed by atoms with Gasteiger partial charge in [0.1, 0.15) is 6.10 Å². The average molecular weight is 302 g/mol. The van der Waals surface area contributed by atoms with E-state index in [0.29, 0.717) is 6.54 Å². The van der Waals surface area contributed by atoms with E-state index in [1.807, 2.05) is 30.0 Å². The van der Waals surface area contributed by atoms with Crippen molar-refractivity contribution in [3.8, 4) is 0 Å². The first-order valence-electron chi connectivity index (χ1n) is 8.27. The van der Waals surface area contributed by atoms with Gasteiger partial charge < -0.3 is 14.5 Å². The number of hydrogen-bond donors (Lipinski definition) is 0. The molecule has 2 fully saturated rings. The van der Waals surface area contributed by atoms with Crippen LogP contribution in [0.15, 0.2) is 30.3 Å². The third kappa shape index (κ3) is 3.33. The molecule has 2 saturated heterocycles. The second-order valence-electron chi connectivity index (χ2n) is 6.78. The topological polar surface area (TPSA) is 32.8 Å². The summed E-state index contributed by atoms with van der Waals surface area (Å²) in [5.41, 5.74) is 1.03. The highest BCUT2D eigenvalue weighted by Gasteiger charge is 2.43. The second-order valence-corrected chi connectivity index (χ2v) is 6.78. The number of likely N-dealkylation sites (tertiary alicyclic amines) is 1. The average Bonchev–Trinajstić information content (AvgIpc) is 2.68. The zero-order valence-corrected chi connectivity index (χ0v) is 13.6. The van der Waals surface area contributed by atoms with Crippen LogP contribution >= 0.6 is 0 Å². The van der Waals surface area contributed by atoms with Crippen molar-refractivity contribution in [1.29, 1.82) is 0 Å². The maximum atomic E-state index is 12.5. The van der Waals surface area contributed by atoms with E-state index in [0.717, 1.165) is 38.9 Å². The van der Waals surface area contributed by atoms with Gasteiger partial charge in [0.2, 0.25) is 0 Å². The molecular formula is C18H26N2O2. The van der Waals surface area contributed by atoms with E-state index in [2.05, 4.69) is 24.1 Å². The molecule has 0 aliphatic carbocycles. The Bertz CT molecular complexity index is 519. The van der Waals surface area contributed by atoms with Crippen molar-refractivity contribution in [3.63, 3.8) is 0 Å². The first-order chi connectivity index (χ1) is 10.6. The third-order valence-electron chi connectivity index (χ3n) is 4.90. The zero-order valence-electron chi connectivity index (χ0n) is 13.6. The van der Waals surface area contributed by atoms with Crippen LogP contribution in [0, 0.1) is 0 Å².